The summed E-state index contributed by atoms with van der Waals surface area (Å²) in [5.74, 6) is 0.538. The summed E-state index contributed by atoms with van der Waals surface area (Å²) < 4.78 is 0. The third-order valence-electron chi connectivity index (χ3n) is 3.60. The van der Waals surface area contributed by atoms with Crippen LogP contribution in [0.15, 0.2) is 30.3 Å². The molecule has 0 fully saturated rings. The second kappa shape index (κ2) is 5.61. The highest BCUT2D eigenvalue weighted by molar-refractivity contribution is 5.72. The Balaban J connectivity index is 2.71. The molecule has 0 atom stereocenters. The smallest absolute Gasteiger partial charge is 0.00668 e. The predicted molar refractivity (Wildman–Crippen MR) is 83.7 cm³/mol. The van der Waals surface area contributed by atoms with Gasteiger partial charge in [0.25, 0.3) is 0 Å². The molecule has 0 N–H and O–H groups in total. The summed E-state index contributed by atoms with van der Waals surface area (Å²) in [5.41, 5.74) is 8.03. The summed E-state index contributed by atoms with van der Waals surface area (Å²) in [6.07, 6.45) is 1.07. The van der Waals surface area contributed by atoms with Crippen molar-refractivity contribution in [2.45, 2.75) is 47.0 Å². The molecule has 0 unspecified atom stereocenters. The minimum absolute atomic E-state index is 0.538. The van der Waals surface area contributed by atoms with Crippen molar-refractivity contribution in [2.24, 2.45) is 0 Å². The van der Waals surface area contributed by atoms with E-state index >= 15 is 0 Å². The first-order valence-electron chi connectivity index (χ1n) is 7.15. The molecule has 0 heterocycles. The molecule has 1 radical (unpaired) electrons. The van der Waals surface area contributed by atoms with E-state index in [-0.39, 0.29) is 0 Å². The fraction of sp³-hybridized carbons (Fsp3) is 0.368. The van der Waals surface area contributed by atoms with Crippen LogP contribution in [0.5, 0.6) is 0 Å². The van der Waals surface area contributed by atoms with Crippen LogP contribution in [0.3, 0.4) is 0 Å². The summed E-state index contributed by atoms with van der Waals surface area (Å²) in [5, 5.41) is 0. The van der Waals surface area contributed by atoms with E-state index in [1.165, 1.54) is 33.4 Å². The van der Waals surface area contributed by atoms with Gasteiger partial charge in [-0.3, -0.25) is 0 Å². The maximum Gasteiger partial charge on any atom is -0.00668 e. The number of benzene rings is 2. The van der Waals surface area contributed by atoms with E-state index in [0.717, 1.165) is 6.42 Å². The Morgan fingerprint density at radius 3 is 2.42 bits per heavy atom. The molecule has 0 aliphatic rings. The molecule has 0 saturated heterocycles. The quantitative estimate of drug-likeness (QED) is 0.680. The Bertz CT molecular complexity index is 556. The largest absolute Gasteiger partial charge is 0.0617 e. The van der Waals surface area contributed by atoms with Crippen molar-refractivity contribution in [1.82, 2.24) is 0 Å². The zero-order valence-corrected chi connectivity index (χ0v) is 12.7. The van der Waals surface area contributed by atoms with Crippen LogP contribution in [0, 0.1) is 19.9 Å². The van der Waals surface area contributed by atoms with Gasteiger partial charge in [-0.25, -0.2) is 0 Å². The van der Waals surface area contributed by atoms with E-state index in [9.17, 15) is 0 Å². The molecule has 0 aromatic heterocycles. The van der Waals surface area contributed by atoms with Crippen LogP contribution in [0.2, 0.25) is 0 Å². The van der Waals surface area contributed by atoms with Crippen molar-refractivity contribution in [2.75, 3.05) is 0 Å². The minimum atomic E-state index is 0.538. The van der Waals surface area contributed by atoms with Crippen LogP contribution >= 0.6 is 0 Å². The van der Waals surface area contributed by atoms with Crippen molar-refractivity contribution >= 4 is 0 Å². The highest BCUT2D eigenvalue weighted by Crippen LogP contribution is 2.33. The molecule has 2 aromatic carbocycles. The van der Waals surface area contributed by atoms with Crippen LogP contribution in [-0.2, 0) is 6.42 Å². The Morgan fingerprint density at radius 2 is 1.84 bits per heavy atom. The normalized spacial score (nSPS) is 11.1. The Hall–Kier alpha value is -1.56. The lowest BCUT2D eigenvalue weighted by Gasteiger charge is -2.17. The number of hydrogen-bond donors (Lipinski definition) is 0. The molecule has 0 aliphatic carbocycles. The maximum absolute atomic E-state index is 3.53. The molecule has 0 amide bonds. The second-order valence-corrected chi connectivity index (χ2v) is 5.64. The predicted octanol–water partition coefficient (Wildman–Crippen LogP) is 5.46. The monoisotopic (exact) mass is 251 g/mol. The molecule has 0 spiro atoms. The zero-order valence-electron chi connectivity index (χ0n) is 12.7. The van der Waals surface area contributed by atoms with E-state index in [2.05, 4.69) is 71.0 Å². The van der Waals surface area contributed by atoms with Gasteiger partial charge in [0.1, 0.15) is 0 Å². The molecule has 2 aromatic rings. The SMILES string of the molecule is CCc1cccc(C(C)C)c1-c1[c]c(C)cc(C)c1. The van der Waals surface area contributed by atoms with Crippen molar-refractivity contribution in [1.29, 1.82) is 0 Å². The average molecular weight is 251 g/mol. The molecule has 0 heteroatoms. The van der Waals surface area contributed by atoms with Crippen LogP contribution in [0.25, 0.3) is 11.1 Å². The first-order chi connectivity index (χ1) is 9.02. The number of aryl methyl sites for hydroxylation is 3. The van der Waals surface area contributed by atoms with Gasteiger partial charge in [-0.2, -0.15) is 0 Å². The summed E-state index contributed by atoms with van der Waals surface area (Å²) in [4.78, 5) is 0. The fourth-order valence-corrected chi connectivity index (χ4v) is 2.75. The summed E-state index contributed by atoms with van der Waals surface area (Å²) in [6, 6.07) is 14.7. The van der Waals surface area contributed by atoms with Crippen LogP contribution in [0.1, 0.15) is 48.9 Å². The molecular formula is C19H23. The molecule has 0 aliphatic heterocycles. The van der Waals surface area contributed by atoms with Crippen molar-refractivity contribution in [3.8, 4) is 11.1 Å². The Kier molecular flexibility index (Phi) is 4.09. The highest BCUT2D eigenvalue weighted by atomic mass is 14.2. The van der Waals surface area contributed by atoms with Gasteiger partial charge in [0, 0.05) is 0 Å². The number of hydrogen-bond acceptors (Lipinski definition) is 0. The molecular weight excluding hydrogens is 228 g/mol. The third kappa shape index (κ3) is 2.89. The number of rotatable bonds is 3. The van der Waals surface area contributed by atoms with Gasteiger partial charge in [-0.15, -0.1) is 0 Å². The third-order valence-corrected chi connectivity index (χ3v) is 3.60. The van der Waals surface area contributed by atoms with Gasteiger partial charge < -0.3 is 0 Å². The fourth-order valence-electron chi connectivity index (χ4n) is 2.75. The van der Waals surface area contributed by atoms with E-state index in [1.807, 2.05) is 0 Å². The summed E-state index contributed by atoms with van der Waals surface area (Å²) >= 11 is 0. The molecule has 2 rings (SSSR count). The Labute approximate surface area is 117 Å². The summed E-state index contributed by atoms with van der Waals surface area (Å²) in [6.45, 7) is 11.0. The first-order valence-corrected chi connectivity index (χ1v) is 7.15. The molecule has 0 nitrogen and oxygen atoms in total. The zero-order chi connectivity index (χ0) is 14.0. The average Bonchev–Trinajstić information content (AvgIpc) is 2.36. The highest BCUT2D eigenvalue weighted by Gasteiger charge is 2.13. The lowest BCUT2D eigenvalue weighted by Crippen LogP contribution is -1.98. The van der Waals surface area contributed by atoms with Gasteiger partial charge in [0.2, 0.25) is 0 Å². The van der Waals surface area contributed by atoms with Crippen LogP contribution in [0.4, 0.5) is 0 Å². The molecule has 99 valence electrons. The van der Waals surface area contributed by atoms with Gasteiger partial charge in [0.15, 0.2) is 0 Å². The van der Waals surface area contributed by atoms with E-state index in [0.29, 0.717) is 5.92 Å². The lowest BCUT2D eigenvalue weighted by atomic mass is 9.87. The van der Waals surface area contributed by atoms with Crippen molar-refractivity contribution in [3.05, 3.63) is 58.7 Å². The topological polar surface area (TPSA) is 0 Å². The first kappa shape index (κ1) is 13.9. The summed E-state index contributed by atoms with van der Waals surface area (Å²) in [7, 11) is 0. The van der Waals surface area contributed by atoms with Gasteiger partial charge in [-0.1, -0.05) is 56.7 Å². The van der Waals surface area contributed by atoms with E-state index in [1.54, 1.807) is 0 Å². The van der Waals surface area contributed by atoms with Crippen LogP contribution in [-0.4, -0.2) is 0 Å². The molecule has 0 saturated carbocycles. The van der Waals surface area contributed by atoms with Crippen molar-refractivity contribution in [3.63, 3.8) is 0 Å². The molecule has 0 bridgehead atoms. The van der Waals surface area contributed by atoms with Crippen molar-refractivity contribution < 1.29 is 0 Å². The minimum Gasteiger partial charge on any atom is -0.0617 e. The van der Waals surface area contributed by atoms with Gasteiger partial charge in [0.05, 0.1) is 0 Å². The standard InChI is InChI=1S/C19H23/c1-6-16-8-7-9-18(13(2)3)19(16)17-11-14(4)10-15(5)12-17/h7-11,13H,6H2,1-5H3. The lowest BCUT2D eigenvalue weighted by molar-refractivity contribution is 0.865. The van der Waals surface area contributed by atoms with Gasteiger partial charge >= 0.3 is 0 Å². The molecule has 19 heavy (non-hydrogen) atoms. The van der Waals surface area contributed by atoms with E-state index < -0.39 is 0 Å². The van der Waals surface area contributed by atoms with Crippen LogP contribution < -0.4 is 0 Å². The van der Waals surface area contributed by atoms with Gasteiger partial charge in [-0.05, 0) is 60.1 Å². The van der Waals surface area contributed by atoms with E-state index in [4.69, 9.17) is 0 Å². The Morgan fingerprint density at radius 1 is 1.11 bits per heavy atom. The maximum atomic E-state index is 3.53. The second-order valence-electron chi connectivity index (χ2n) is 5.64.